The van der Waals surface area contributed by atoms with Gasteiger partial charge >= 0.3 is 0 Å². The number of nitrogens with two attached hydrogens (primary N) is 1. The van der Waals surface area contributed by atoms with E-state index in [2.05, 4.69) is 29.1 Å². The first-order valence-electron chi connectivity index (χ1n) is 6.77. The van der Waals surface area contributed by atoms with Crippen LogP contribution in [-0.4, -0.2) is 42.7 Å². The summed E-state index contributed by atoms with van der Waals surface area (Å²) in [6.45, 7) is 3.63. The minimum atomic E-state index is 0.174. The van der Waals surface area contributed by atoms with Crippen molar-refractivity contribution in [2.24, 2.45) is 5.73 Å². The average molecular weight is 235 g/mol. The molecule has 2 atom stereocenters. The Bertz CT molecular complexity index is 301. The fourth-order valence-corrected chi connectivity index (χ4v) is 3.47. The number of nitrogens with zero attached hydrogens (tertiary/aromatic N) is 1. The summed E-state index contributed by atoms with van der Waals surface area (Å²) in [7, 11) is 2.27. The van der Waals surface area contributed by atoms with E-state index in [-0.39, 0.29) is 5.54 Å². The third-order valence-electron chi connectivity index (χ3n) is 4.56. The van der Waals surface area contributed by atoms with Crippen LogP contribution >= 0.6 is 0 Å². The first-order valence-corrected chi connectivity index (χ1v) is 6.77. The highest BCUT2D eigenvalue weighted by Gasteiger charge is 2.45. The fraction of sp³-hybridized carbons (Fsp3) is 0.857. The Morgan fingerprint density at radius 2 is 2.00 bits per heavy atom. The standard InChI is InChI=1S/C14H25N3/c1-3-4-5-8-16-14(11-15)9-12-6-7-13(10-14)17(12)2/h12-13,16H,5-11,15H2,1-2H3. The Kier molecular flexibility index (Phi) is 4.09. The Morgan fingerprint density at radius 3 is 2.53 bits per heavy atom. The Labute approximate surface area is 105 Å². The van der Waals surface area contributed by atoms with E-state index in [1.165, 1.54) is 25.7 Å². The van der Waals surface area contributed by atoms with Crippen molar-refractivity contribution in [3.63, 3.8) is 0 Å². The molecule has 2 rings (SSSR count). The van der Waals surface area contributed by atoms with Crippen LogP contribution in [0.5, 0.6) is 0 Å². The average Bonchev–Trinajstić information content (AvgIpc) is 2.58. The van der Waals surface area contributed by atoms with Gasteiger partial charge in [-0.1, -0.05) is 0 Å². The molecule has 2 heterocycles. The number of nitrogens with one attached hydrogen (secondary N) is 1. The molecular weight excluding hydrogens is 210 g/mol. The van der Waals surface area contributed by atoms with Crippen LogP contribution in [-0.2, 0) is 0 Å². The molecule has 0 aromatic heterocycles. The summed E-state index contributed by atoms with van der Waals surface area (Å²) < 4.78 is 0. The van der Waals surface area contributed by atoms with Crippen LogP contribution in [0.15, 0.2) is 0 Å². The molecule has 2 unspecified atom stereocenters. The van der Waals surface area contributed by atoms with Gasteiger partial charge in [0.25, 0.3) is 0 Å². The molecule has 3 nitrogen and oxygen atoms in total. The molecule has 0 aromatic carbocycles. The highest BCUT2D eigenvalue weighted by atomic mass is 15.2. The minimum Gasteiger partial charge on any atom is -0.329 e. The number of hydrogen-bond donors (Lipinski definition) is 2. The number of fused-ring (bicyclic) bond motifs is 2. The second-order valence-corrected chi connectivity index (χ2v) is 5.55. The van der Waals surface area contributed by atoms with E-state index < -0.39 is 0 Å². The van der Waals surface area contributed by atoms with Crippen molar-refractivity contribution in [3.05, 3.63) is 0 Å². The Morgan fingerprint density at radius 1 is 1.35 bits per heavy atom. The second kappa shape index (κ2) is 5.39. The quantitative estimate of drug-likeness (QED) is 0.563. The zero-order valence-corrected chi connectivity index (χ0v) is 11.1. The van der Waals surface area contributed by atoms with Crippen molar-refractivity contribution < 1.29 is 0 Å². The van der Waals surface area contributed by atoms with Crippen LogP contribution in [0.2, 0.25) is 0 Å². The van der Waals surface area contributed by atoms with E-state index >= 15 is 0 Å². The van der Waals surface area contributed by atoms with Gasteiger partial charge in [0.1, 0.15) is 0 Å². The van der Waals surface area contributed by atoms with Gasteiger partial charge in [-0.2, -0.15) is 0 Å². The maximum atomic E-state index is 6.03. The smallest absolute Gasteiger partial charge is 0.0334 e. The monoisotopic (exact) mass is 235 g/mol. The largest absolute Gasteiger partial charge is 0.329 e. The van der Waals surface area contributed by atoms with E-state index in [9.17, 15) is 0 Å². The van der Waals surface area contributed by atoms with Crippen molar-refractivity contribution in [2.75, 3.05) is 20.1 Å². The molecule has 2 aliphatic rings. The predicted octanol–water partition coefficient (Wildman–Crippen LogP) is 0.944. The SMILES string of the molecule is CC#CCCNC1(CN)CC2CCC(C1)N2C. The molecule has 17 heavy (non-hydrogen) atoms. The van der Waals surface area contributed by atoms with Gasteiger partial charge in [-0.15, -0.1) is 11.8 Å². The van der Waals surface area contributed by atoms with Crippen LogP contribution in [0.25, 0.3) is 0 Å². The summed E-state index contributed by atoms with van der Waals surface area (Å²) in [4.78, 5) is 2.56. The van der Waals surface area contributed by atoms with Crippen LogP contribution < -0.4 is 11.1 Å². The fourth-order valence-electron chi connectivity index (χ4n) is 3.47. The molecule has 3 heteroatoms. The van der Waals surface area contributed by atoms with Gasteiger partial charge in [0.2, 0.25) is 0 Å². The lowest BCUT2D eigenvalue weighted by molar-refractivity contribution is 0.0952. The van der Waals surface area contributed by atoms with E-state index in [1.54, 1.807) is 0 Å². The number of piperidine rings is 1. The van der Waals surface area contributed by atoms with Gasteiger partial charge in [0, 0.05) is 37.1 Å². The lowest BCUT2D eigenvalue weighted by atomic mass is 9.83. The van der Waals surface area contributed by atoms with Gasteiger partial charge in [-0.3, -0.25) is 0 Å². The van der Waals surface area contributed by atoms with Crippen molar-refractivity contribution in [3.8, 4) is 11.8 Å². The molecule has 0 aliphatic carbocycles. The maximum absolute atomic E-state index is 6.03. The first kappa shape index (κ1) is 12.9. The normalized spacial score (nSPS) is 36.6. The molecule has 2 fully saturated rings. The van der Waals surface area contributed by atoms with Crippen molar-refractivity contribution >= 4 is 0 Å². The summed E-state index contributed by atoms with van der Waals surface area (Å²) >= 11 is 0. The molecule has 2 saturated heterocycles. The summed E-state index contributed by atoms with van der Waals surface area (Å²) in [6, 6.07) is 1.48. The predicted molar refractivity (Wildman–Crippen MR) is 71.7 cm³/mol. The highest BCUT2D eigenvalue weighted by Crippen LogP contribution is 2.39. The Hall–Kier alpha value is -0.560. The van der Waals surface area contributed by atoms with Gasteiger partial charge in [-0.05, 0) is 39.7 Å². The third kappa shape index (κ3) is 2.65. The second-order valence-electron chi connectivity index (χ2n) is 5.55. The third-order valence-corrected chi connectivity index (χ3v) is 4.56. The topological polar surface area (TPSA) is 41.3 Å². The van der Waals surface area contributed by atoms with E-state index in [0.29, 0.717) is 0 Å². The van der Waals surface area contributed by atoms with Gasteiger partial charge < -0.3 is 16.0 Å². The van der Waals surface area contributed by atoms with Crippen molar-refractivity contribution in [2.45, 2.75) is 56.7 Å². The van der Waals surface area contributed by atoms with E-state index in [0.717, 1.165) is 31.6 Å². The van der Waals surface area contributed by atoms with Gasteiger partial charge in [-0.25, -0.2) is 0 Å². The number of rotatable bonds is 4. The van der Waals surface area contributed by atoms with Crippen LogP contribution in [0.4, 0.5) is 0 Å². The molecule has 2 bridgehead atoms. The van der Waals surface area contributed by atoms with Gasteiger partial charge in [0.05, 0.1) is 0 Å². The van der Waals surface area contributed by atoms with Crippen LogP contribution in [0.1, 0.15) is 39.0 Å². The molecule has 0 radical (unpaired) electrons. The lowest BCUT2D eigenvalue weighted by Crippen LogP contribution is -2.60. The zero-order chi connectivity index (χ0) is 12.3. The minimum absolute atomic E-state index is 0.174. The lowest BCUT2D eigenvalue weighted by Gasteiger charge is -2.45. The van der Waals surface area contributed by atoms with Crippen molar-refractivity contribution in [1.29, 1.82) is 0 Å². The van der Waals surface area contributed by atoms with Crippen LogP contribution in [0, 0.1) is 11.8 Å². The molecule has 0 spiro atoms. The molecule has 2 aliphatic heterocycles. The molecule has 0 saturated carbocycles. The maximum Gasteiger partial charge on any atom is 0.0334 e. The van der Waals surface area contributed by atoms with Crippen molar-refractivity contribution in [1.82, 2.24) is 10.2 Å². The highest BCUT2D eigenvalue weighted by molar-refractivity contribution is 5.06. The van der Waals surface area contributed by atoms with E-state index in [4.69, 9.17) is 5.73 Å². The molecule has 0 amide bonds. The summed E-state index contributed by atoms with van der Waals surface area (Å²) in [6.07, 6.45) is 6.04. The Balaban J connectivity index is 1.93. The summed E-state index contributed by atoms with van der Waals surface area (Å²) in [5.41, 5.74) is 6.21. The summed E-state index contributed by atoms with van der Waals surface area (Å²) in [5, 5.41) is 3.69. The first-order chi connectivity index (χ1) is 8.21. The van der Waals surface area contributed by atoms with E-state index in [1.807, 2.05) is 6.92 Å². The molecule has 96 valence electrons. The zero-order valence-electron chi connectivity index (χ0n) is 11.1. The van der Waals surface area contributed by atoms with Crippen LogP contribution in [0.3, 0.4) is 0 Å². The van der Waals surface area contributed by atoms with Gasteiger partial charge in [0.15, 0.2) is 0 Å². The molecule has 0 aromatic rings. The summed E-state index contributed by atoms with van der Waals surface area (Å²) in [5.74, 6) is 6.06. The number of hydrogen-bond acceptors (Lipinski definition) is 3. The molecular formula is C14H25N3. The molecule has 3 N–H and O–H groups in total.